The minimum Gasteiger partial charge on any atom is -0.493 e. The molecule has 1 saturated carbocycles. The van der Waals surface area contributed by atoms with Gasteiger partial charge in [0.05, 0.1) is 5.52 Å². The van der Waals surface area contributed by atoms with E-state index in [-0.39, 0.29) is 17.1 Å². The van der Waals surface area contributed by atoms with Crippen molar-refractivity contribution < 1.29 is 14.3 Å². The minimum atomic E-state index is -0.585. The average molecular weight is 337 g/mol. The summed E-state index contributed by atoms with van der Waals surface area (Å²) in [6.07, 6.45) is 2.32. The van der Waals surface area contributed by atoms with Gasteiger partial charge in [0.25, 0.3) is 5.91 Å². The quantitative estimate of drug-likeness (QED) is 0.694. The molecule has 1 N–H and O–H groups in total. The van der Waals surface area contributed by atoms with Crippen LogP contribution < -0.4 is 0 Å². The molecule has 6 heteroatoms. The molecule has 0 atom stereocenters. The van der Waals surface area contributed by atoms with Gasteiger partial charge in [-0.3, -0.25) is 4.79 Å². The monoisotopic (exact) mass is 337 g/mol. The minimum absolute atomic E-state index is 0.0174. The highest BCUT2D eigenvalue weighted by molar-refractivity contribution is 5.97. The molecular weight excluding hydrogens is 321 g/mol. The highest BCUT2D eigenvalue weighted by atomic mass is 19.1. The van der Waals surface area contributed by atoms with Crippen molar-refractivity contribution in [2.24, 2.45) is 16.1 Å². The largest absolute Gasteiger partial charge is 0.493 e. The maximum Gasteiger partial charge on any atom is 0.295 e. The van der Waals surface area contributed by atoms with Crippen LogP contribution in [0.15, 0.2) is 58.8 Å². The van der Waals surface area contributed by atoms with Crippen molar-refractivity contribution in [3.8, 4) is 5.88 Å². The summed E-state index contributed by atoms with van der Waals surface area (Å²) in [6, 6.07) is 12.6. The van der Waals surface area contributed by atoms with Gasteiger partial charge < -0.3 is 9.67 Å². The number of azo groups is 1. The number of carbonyl (C=O) groups is 1. The maximum atomic E-state index is 12.9. The summed E-state index contributed by atoms with van der Waals surface area (Å²) < 4.78 is 14.8. The van der Waals surface area contributed by atoms with Crippen molar-refractivity contribution in [3.63, 3.8) is 0 Å². The van der Waals surface area contributed by atoms with Crippen LogP contribution >= 0.6 is 0 Å². The molecule has 2 aromatic carbocycles. The fourth-order valence-corrected chi connectivity index (χ4v) is 2.86. The average Bonchev–Trinajstić information content (AvgIpc) is 3.40. The van der Waals surface area contributed by atoms with Crippen molar-refractivity contribution in [1.82, 2.24) is 4.57 Å². The fourth-order valence-electron chi connectivity index (χ4n) is 2.86. The Morgan fingerprint density at radius 1 is 1.16 bits per heavy atom. The first-order valence-corrected chi connectivity index (χ1v) is 8.15. The van der Waals surface area contributed by atoms with Gasteiger partial charge >= 0.3 is 0 Å². The molecule has 0 radical (unpaired) electrons. The lowest BCUT2D eigenvalue weighted by Crippen LogP contribution is -1.98. The number of hydrogen-bond acceptors (Lipinski definition) is 3. The number of aromatic hydroxyl groups is 1. The van der Waals surface area contributed by atoms with Gasteiger partial charge in [-0.15, -0.1) is 10.2 Å². The Balaban J connectivity index is 1.69. The van der Waals surface area contributed by atoms with Crippen LogP contribution in [0.25, 0.3) is 10.9 Å². The molecular formula is C19H16FN3O2. The molecule has 1 heterocycles. The van der Waals surface area contributed by atoms with E-state index in [1.54, 1.807) is 0 Å². The Kier molecular flexibility index (Phi) is 3.80. The molecule has 1 fully saturated rings. The summed E-state index contributed by atoms with van der Waals surface area (Å²) in [5.41, 5.74) is 1.40. The van der Waals surface area contributed by atoms with E-state index in [2.05, 4.69) is 10.2 Å². The first-order chi connectivity index (χ1) is 12.1. The molecule has 0 saturated heterocycles. The number of carbonyl (C=O) groups excluding carboxylic acids is 1. The molecule has 4 rings (SSSR count). The van der Waals surface area contributed by atoms with Crippen LogP contribution in [-0.2, 0) is 6.54 Å². The highest BCUT2D eigenvalue weighted by Crippen LogP contribution is 2.41. The number of aromatic nitrogens is 1. The van der Waals surface area contributed by atoms with Gasteiger partial charge in [0.1, 0.15) is 5.82 Å². The van der Waals surface area contributed by atoms with Gasteiger partial charge in [-0.1, -0.05) is 18.2 Å². The molecule has 1 aliphatic rings. The van der Waals surface area contributed by atoms with Gasteiger partial charge in [0.15, 0.2) is 5.69 Å². The van der Waals surface area contributed by atoms with E-state index in [4.69, 9.17) is 0 Å². The van der Waals surface area contributed by atoms with Crippen LogP contribution in [-0.4, -0.2) is 15.6 Å². The first kappa shape index (κ1) is 15.5. The third-order valence-corrected chi connectivity index (χ3v) is 4.39. The zero-order valence-corrected chi connectivity index (χ0v) is 13.4. The second-order valence-corrected chi connectivity index (χ2v) is 6.26. The second kappa shape index (κ2) is 6.12. The van der Waals surface area contributed by atoms with E-state index in [0.717, 1.165) is 30.3 Å². The summed E-state index contributed by atoms with van der Waals surface area (Å²) in [6.45, 7) is 0.730. The maximum absolute atomic E-state index is 12.9. The number of hydrogen-bond donors (Lipinski definition) is 1. The summed E-state index contributed by atoms with van der Waals surface area (Å²) in [5, 5.41) is 19.0. The van der Waals surface area contributed by atoms with Crippen LogP contribution in [0.3, 0.4) is 0 Å². The van der Waals surface area contributed by atoms with Crippen molar-refractivity contribution in [3.05, 3.63) is 59.9 Å². The van der Waals surface area contributed by atoms with Crippen molar-refractivity contribution in [2.45, 2.75) is 19.4 Å². The lowest BCUT2D eigenvalue weighted by molar-refractivity contribution is 0.0995. The Hall–Kier alpha value is -3.02. The van der Waals surface area contributed by atoms with Crippen LogP contribution in [0.2, 0.25) is 0 Å². The highest BCUT2D eigenvalue weighted by Gasteiger charge is 2.25. The van der Waals surface area contributed by atoms with E-state index in [1.165, 1.54) is 24.3 Å². The van der Waals surface area contributed by atoms with Crippen LogP contribution in [0.1, 0.15) is 23.2 Å². The van der Waals surface area contributed by atoms with Gasteiger partial charge in [-0.2, -0.15) is 0 Å². The summed E-state index contributed by atoms with van der Waals surface area (Å²) in [4.78, 5) is 12.1. The predicted octanol–water partition coefficient (Wildman–Crippen LogP) is 4.82. The van der Waals surface area contributed by atoms with Crippen molar-refractivity contribution in [1.29, 1.82) is 0 Å². The SMILES string of the molecule is O=C(N=Nc1c(O)n(CC2CC2)c2ccccc12)c1ccc(F)cc1. The number of fused-ring (bicyclic) bond motifs is 1. The number of halogens is 1. The molecule has 0 aliphatic heterocycles. The van der Waals surface area contributed by atoms with E-state index >= 15 is 0 Å². The molecule has 126 valence electrons. The number of amides is 1. The molecule has 1 amide bonds. The lowest BCUT2D eigenvalue weighted by Gasteiger charge is -2.04. The van der Waals surface area contributed by atoms with E-state index in [0.29, 0.717) is 5.92 Å². The van der Waals surface area contributed by atoms with Gasteiger partial charge in [-0.25, -0.2) is 4.39 Å². The van der Waals surface area contributed by atoms with Crippen LogP contribution in [0, 0.1) is 11.7 Å². The van der Waals surface area contributed by atoms with E-state index in [9.17, 15) is 14.3 Å². The molecule has 0 spiro atoms. The smallest absolute Gasteiger partial charge is 0.295 e. The van der Waals surface area contributed by atoms with Gasteiger partial charge in [-0.05, 0) is 49.1 Å². The van der Waals surface area contributed by atoms with Crippen LogP contribution in [0.4, 0.5) is 10.1 Å². The normalized spacial score (nSPS) is 14.4. The Bertz CT molecular complexity index is 972. The standard InChI is InChI=1S/C19H16FN3O2/c20-14-9-7-13(8-10-14)18(24)22-21-17-15-3-1-2-4-16(15)23(19(17)25)11-12-5-6-12/h1-4,7-10,12,25H,5-6,11H2. The second-order valence-electron chi connectivity index (χ2n) is 6.26. The van der Waals surface area contributed by atoms with E-state index in [1.807, 2.05) is 28.8 Å². The third kappa shape index (κ3) is 3.03. The van der Waals surface area contributed by atoms with Gasteiger partial charge in [0.2, 0.25) is 5.88 Å². The first-order valence-electron chi connectivity index (χ1n) is 8.15. The summed E-state index contributed by atoms with van der Waals surface area (Å²) in [7, 11) is 0. The topological polar surface area (TPSA) is 66.9 Å². The fraction of sp³-hybridized carbons (Fsp3) is 0.211. The zero-order chi connectivity index (χ0) is 17.4. The van der Waals surface area contributed by atoms with Crippen LogP contribution in [0.5, 0.6) is 5.88 Å². The number of benzene rings is 2. The Morgan fingerprint density at radius 2 is 1.88 bits per heavy atom. The molecule has 1 aliphatic carbocycles. The molecule has 0 bridgehead atoms. The molecule has 3 aromatic rings. The number of rotatable bonds is 4. The lowest BCUT2D eigenvalue weighted by atomic mass is 10.2. The van der Waals surface area contributed by atoms with Crippen molar-refractivity contribution in [2.75, 3.05) is 0 Å². The summed E-state index contributed by atoms with van der Waals surface area (Å²) in [5.74, 6) is -0.413. The summed E-state index contributed by atoms with van der Waals surface area (Å²) >= 11 is 0. The zero-order valence-electron chi connectivity index (χ0n) is 13.4. The number of para-hydroxylation sites is 1. The van der Waals surface area contributed by atoms with Crippen molar-refractivity contribution >= 4 is 22.5 Å². The third-order valence-electron chi connectivity index (χ3n) is 4.39. The molecule has 1 aromatic heterocycles. The molecule has 0 unspecified atom stereocenters. The molecule has 5 nitrogen and oxygen atoms in total. The van der Waals surface area contributed by atoms with Gasteiger partial charge in [0, 0.05) is 17.5 Å². The Labute approximate surface area is 143 Å². The molecule has 25 heavy (non-hydrogen) atoms. The number of nitrogens with zero attached hydrogens (tertiary/aromatic N) is 3. The Morgan fingerprint density at radius 3 is 2.60 bits per heavy atom. The van der Waals surface area contributed by atoms with E-state index < -0.39 is 11.7 Å². The predicted molar refractivity (Wildman–Crippen MR) is 91.6 cm³/mol.